The maximum Gasteiger partial charge on any atom is 0.416 e. The lowest BCUT2D eigenvalue weighted by Gasteiger charge is -2.39. The third kappa shape index (κ3) is 5.46. The molecule has 176 valence electrons. The van der Waals surface area contributed by atoms with Crippen LogP contribution in [0.5, 0.6) is 0 Å². The van der Waals surface area contributed by atoms with E-state index in [2.05, 4.69) is 4.98 Å². The van der Waals surface area contributed by atoms with Gasteiger partial charge in [0, 0.05) is 24.3 Å². The molecule has 1 atom stereocenters. The second-order valence-corrected chi connectivity index (χ2v) is 9.74. The Kier molecular flexibility index (Phi) is 6.86. The Balaban J connectivity index is 1.57. The van der Waals surface area contributed by atoms with E-state index in [9.17, 15) is 9.59 Å². The second-order valence-electron chi connectivity index (χ2n) is 9.74. The number of anilines is 1. The topological polar surface area (TPSA) is 72.0 Å². The average Bonchev–Trinajstić information content (AvgIpc) is 3.24. The van der Waals surface area contributed by atoms with Crippen molar-refractivity contribution in [1.82, 2.24) is 9.88 Å². The average molecular weight is 452 g/mol. The summed E-state index contributed by atoms with van der Waals surface area (Å²) in [4.78, 5) is 34.3. The highest BCUT2D eigenvalue weighted by molar-refractivity contribution is 5.88. The number of hydrogen-bond acceptors (Lipinski definition) is 5. The quantitative estimate of drug-likeness (QED) is 0.570. The molecule has 1 saturated carbocycles. The molecule has 33 heavy (non-hydrogen) atoms. The fraction of sp³-hybridized carbons (Fsp3) is 0.500. The van der Waals surface area contributed by atoms with Crippen LogP contribution in [0.25, 0.3) is 0 Å². The van der Waals surface area contributed by atoms with E-state index in [1.54, 1.807) is 16.0 Å². The monoisotopic (exact) mass is 451 g/mol. The van der Waals surface area contributed by atoms with Crippen molar-refractivity contribution in [3.63, 3.8) is 0 Å². The van der Waals surface area contributed by atoms with Gasteiger partial charge in [-0.3, -0.25) is 4.90 Å². The van der Waals surface area contributed by atoms with Crippen molar-refractivity contribution < 1.29 is 19.1 Å². The number of pyridine rings is 1. The third-order valence-corrected chi connectivity index (χ3v) is 6.13. The van der Waals surface area contributed by atoms with Crippen LogP contribution in [0.3, 0.4) is 0 Å². The van der Waals surface area contributed by atoms with Crippen molar-refractivity contribution in [2.45, 2.75) is 77.2 Å². The summed E-state index contributed by atoms with van der Waals surface area (Å²) in [7, 11) is 0. The van der Waals surface area contributed by atoms with E-state index in [1.165, 1.54) is 0 Å². The summed E-state index contributed by atoms with van der Waals surface area (Å²) >= 11 is 0. The zero-order chi connectivity index (χ0) is 23.4. The van der Waals surface area contributed by atoms with Crippen LogP contribution in [-0.4, -0.2) is 40.3 Å². The number of nitrogens with zero attached hydrogens (tertiary/aromatic N) is 3. The van der Waals surface area contributed by atoms with Crippen molar-refractivity contribution in [2.75, 3.05) is 11.4 Å². The Hall–Kier alpha value is -3.09. The van der Waals surface area contributed by atoms with Crippen LogP contribution < -0.4 is 4.90 Å². The summed E-state index contributed by atoms with van der Waals surface area (Å²) < 4.78 is 11.4. The smallest absolute Gasteiger partial charge is 0.416 e. The summed E-state index contributed by atoms with van der Waals surface area (Å²) in [5.74, 6) is 0.587. The van der Waals surface area contributed by atoms with Gasteiger partial charge in [-0.15, -0.1) is 0 Å². The first-order chi connectivity index (χ1) is 15.8. The predicted octanol–water partition coefficient (Wildman–Crippen LogP) is 5.85. The molecule has 1 aromatic heterocycles. The molecule has 4 rings (SSSR count). The van der Waals surface area contributed by atoms with E-state index in [-0.39, 0.29) is 30.9 Å². The number of carbonyl (C=O) groups is 2. The van der Waals surface area contributed by atoms with Crippen molar-refractivity contribution in [3.05, 3.63) is 59.8 Å². The molecule has 0 spiro atoms. The van der Waals surface area contributed by atoms with Crippen molar-refractivity contribution >= 4 is 18.0 Å². The molecule has 7 nitrogen and oxygen atoms in total. The van der Waals surface area contributed by atoms with Gasteiger partial charge in [0.15, 0.2) is 0 Å². The molecule has 1 aliphatic carbocycles. The Bertz CT molecular complexity index is 969. The van der Waals surface area contributed by atoms with Crippen LogP contribution in [0.2, 0.25) is 0 Å². The number of ether oxygens (including phenoxy) is 2. The molecular formula is C26H33N3O4. The summed E-state index contributed by atoms with van der Waals surface area (Å²) in [6.45, 7) is 6.44. The lowest BCUT2D eigenvalue weighted by atomic mass is 9.91. The van der Waals surface area contributed by atoms with Gasteiger partial charge in [-0.05, 0) is 64.5 Å². The molecule has 1 unspecified atom stereocenters. The molecular weight excluding hydrogens is 418 g/mol. The molecule has 1 aliphatic heterocycles. The van der Waals surface area contributed by atoms with Crippen LogP contribution in [0.15, 0.2) is 48.7 Å². The van der Waals surface area contributed by atoms with Crippen LogP contribution in [0.4, 0.5) is 15.4 Å². The molecule has 2 amide bonds. The molecule has 2 aromatic rings. The van der Waals surface area contributed by atoms with E-state index in [4.69, 9.17) is 9.47 Å². The highest BCUT2D eigenvalue weighted by Gasteiger charge is 2.39. The van der Waals surface area contributed by atoms with Crippen molar-refractivity contribution in [1.29, 1.82) is 0 Å². The molecule has 1 saturated heterocycles. The van der Waals surface area contributed by atoms with Gasteiger partial charge in [0.1, 0.15) is 18.0 Å². The Morgan fingerprint density at radius 3 is 2.48 bits per heavy atom. The summed E-state index contributed by atoms with van der Waals surface area (Å²) in [6, 6.07) is 13.4. The van der Waals surface area contributed by atoms with E-state index in [0.717, 1.165) is 43.2 Å². The summed E-state index contributed by atoms with van der Waals surface area (Å²) in [6.07, 6.45) is 5.55. The highest BCUT2D eigenvalue weighted by atomic mass is 16.6. The zero-order valence-corrected chi connectivity index (χ0v) is 19.7. The van der Waals surface area contributed by atoms with Crippen LogP contribution >= 0.6 is 0 Å². The van der Waals surface area contributed by atoms with Gasteiger partial charge in [-0.1, -0.05) is 36.4 Å². The maximum atomic E-state index is 13.2. The van der Waals surface area contributed by atoms with Crippen molar-refractivity contribution in [2.24, 2.45) is 0 Å². The number of benzene rings is 1. The first-order valence-electron chi connectivity index (χ1n) is 11.8. The molecule has 0 N–H and O–H groups in total. The maximum absolute atomic E-state index is 13.2. The molecule has 7 heteroatoms. The van der Waals surface area contributed by atoms with Gasteiger partial charge >= 0.3 is 12.2 Å². The van der Waals surface area contributed by atoms with E-state index in [1.807, 2.05) is 63.2 Å². The zero-order valence-electron chi connectivity index (χ0n) is 19.7. The number of likely N-dealkylation sites (tertiary alicyclic amines) is 1. The van der Waals surface area contributed by atoms with Gasteiger partial charge in [0.25, 0.3) is 0 Å². The van der Waals surface area contributed by atoms with Gasteiger partial charge in [0.05, 0.1) is 6.04 Å². The molecule has 0 radical (unpaired) electrons. The normalized spacial score (nSPS) is 18.5. The summed E-state index contributed by atoms with van der Waals surface area (Å²) in [5, 5.41) is 0. The summed E-state index contributed by atoms with van der Waals surface area (Å²) in [5.41, 5.74) is 1.21. The van der Waals surface area contributed by atoms with Gasteiger partial charge in [-0.25, -0.2) is 14.6 Å². The largest absolute Gasteiger partial charge is 0.445 e. The van der Waals surface area contributed by atoms with Gasteiger partial charge in [-0.2, -0.15) is 0 Å². The van der Waals surface area contributed by atoms with Crippen LogP contribution in [-0.2, 0) is 16.1 Å². The molecule has 0 bridgehead atoms. The fourth-order valence-corrected chi connectivity index (χ4v) is 4.35. The van der Waals surface area contributed by atoms with E-state index in [0.29, 0.717) is 12.4 Å². The predicted molar refractivity (Wildman–Crippen MR) is 126 cm³/mol. The number of hydrogen-bond donors (Lipinski definition) is 0. The Morgan fingerprint density at radius 1 is 1.06 bits per heavy atom. The highest BCUT2D eigenvalue weighted by Crippen LogP contribution is 2.39. The fourth-order valence-electron chi connectivity index (χ4n) is 4.35. The molecule has 2 heterocycles. The Labute approximate surface area is 195 Å². The first-order valence-corrected chi connectivity index (χ1v) is 11.8. The molecule has 2 fully saturated rings. The number of rotatable bonds is 5. The van der Waals surface area contributed by atoms with E-state index >= 15 is 0 Å². The van der Waals surface area contributed by atoms with Crippen LogP contribution in [0, 0.1) is 0 Å². The van der Waals surface area contributed by atoms with Gasteiger partial charge < -0.3 is 14.4 Å². The lowest BCUT2D eigenvalue weighted by molar-refractivity contribution is 0.0547. The van der Waals surface area contributed by atoms with E-state index < -0.39 is 5.60 Å². The minimum Gasteiger partial charge on any atom is -0.445 e. The van der Waals surface area contributed by atoms with Crippen LogP contribution in [0.1, 0.15) is 70.0 Å². The second kappa shape index (κ2) is 9.81. The standard InChI is InChI=1S/C26H33N3O4/c1-26(2,3)33-25(31)29(20-12-7-13-20)23-21(14-8-16-27-23)22-15-9-17-28(22)24(30)32-18-19-10-5-4-6-11-19/h4-6,8,10-11,14,16,20,22H,7,9,12-13,15,17-18H2,1-3H3. The molecule has 1 aromatic carbocycles. The molecule has 2 aliphatic rings. The van der Waals surface area contributed by atoms with Crippen molar-refractivity contribution in [3.8, 4) is 0 Å². The number of carbonyl (C=O) groups excluding carboxylic acids is 2. The Morgan fingerprint density at radius 2 is 1.82 bits per heavy atom. The third-order valence-electron chi connectivity index (χ3n) is 6.13. The lowest BCUT2D eigenvalue weighted by Crippen LogP contribution is -2.48. The first kappa shape index (κ1) is 23.1. The SMILES string of the molecule is CC(C)(C)OC(=O)N(c1ncccc1C1CCCN1C(=O)OCc1ccccc1)C1CCC1. The minimum atomic E-state index is -0.603. The minimum absolute atomic E-state index is 0.0633. The number of aromatic nitrogens is 1. The number of amides is 2. The van der Waals surface area contributed by atoms with Gasteiger partial charge in [0.2, 0.25) is 0 Å².